The highest BCUT2D eigenvalue weighted by atomic mass is 35.5. The first-order valence-corrected chi connectivity index (χ1v) is 13.7. The molecule has 36 heavy (non-hydrogen) atoms. The average molecular weight is 528 g/mol. The monoisotopic (exact) mass is 527 g/mol. The van der Waals surface area contributed by atoms with E-state index in [1.165, 1.54) is 4.90 Å². The number of rotatable bonds is 11. The average Bonchev–Trinajstić information content (AvgIpc) is 2.86. The van der Waals surface area contributed by atoms with Gasteiger partial charge in [0, 0.05) is 24.7 Å². The number of amides is 2. The van der Waals surface area contributed by atoms with E-state index in [4.69, 9.17) is 11.6 Å². The van der Waals surface area contributed by atoms with Crippen LogP contribution in [0, 0.1) is 0 Å². The third kappa shape index (κ3) is 8.19. The minimum absolute atomic E-state index is 0.0573. The number of sulfonamides is 1. The highest BCUT2D eigenvalue weighted by Crippen LogP contribution is 2.14. The Morgan fingerprint density at radius 1 is 0.833 bits per heavy atom. The molecule has 0 aliphatic heterocycles. The second-order valence-electron chi connectivity index (χ2n) is 8.54. The van der Waals surface area contributed by atoms with Crippen molar-refractivity contribution in [3.63, 3.8) is 0 Å². The molecule has 0 fully saturated rings. The largest absolute Gasteiger partial charge is 0.350 e. The summed E-state index contributed by atoms with van der Waals surface area (Å²) in [4.78, 5) is 27.9. The minimum Gasteiger partial charge on any atom is -0.350 e. The van der Waals surface area contributed by atoms with Crippen LogP contribution in [0.3, 0.4) is 0 Å². The fourth-order valence-electron chi connectivity index (χ4n) is 3.62. The fourth-order valence-corrected chi connectivity index (χ4v) is 4.48. The quantitative estimate of drug-likeness (QED) is 0.410. The van der Waals surface area contributed by atoms with E-state index in [-0.39, 0.29) is 32.1 Å². The SMILES string of the molecule is CC(C(=O)NCc1ccc(Cl)cc1)N(Cc1ccccc1)C(=O)CN(Cc1ccccc1)S(C)(=O)=O. The van der Waals surface area contributed by atoms with Gasteiger partial charge in [-0.05, 0) is 35.7 Å². The van der Waals surface area contributed by atoms with Gasteiger partial charge in [0.1, 0.15) is 6.04 Å². The maximum Gasteiger partial charge on any atom is 0.242 e. The van der Waals surface area contributed by atoms with E-state index < -0.39 is 22.0 Å². The molecule has 0 saturated carbocycles. The summed E-state index contributed by atoms with van der Waals surface area (Å²) in [5.74, 6) is -0.808. The molecular formula is C27H30ClN3O4S. The molecule has 190 valence electrons. The van der Waals surface area contributed by atoms with Crippen LogP contribution in [0.2, 0.25) is 5.02 Å². The van der Waals surface area contributed by atoms with Gasteiger partial charge in [0.2, 0.25) is 21.8 Å². The van der Waals surface area contributed by atoms with Crippen LogP contribution in [0.4, 0.5) is 0 Å². The second kappa shape index (κ2) is 12.7. The van der Waals surface area contributed by atoms with Crippen LogP contribution < -0.4 is 5.32 Å². The first kappa shape index (κ1) is 27.4. The lowest BCUT2D eigenvalue weighted by atomic mass is 10.1. The zero-order valence-electron chi connectivity index (χ0n) is 20.3. The number of hydrogen-bond donors (Lipinski definition) is 1. The van der Waals surface area contributed by atoms with Gasteiger partial charge >= 0.3 is 0 Å². The van der Waals surface area contributed by atoms with Crippen molar-refractivity contribution in [3.05, 3.63) is 107 Å². The van der Waals surface area contributed by atoms with Crippen LogP contribution in [0.15, 0.2) is 84.9 Å². The van der Waals surface area contributed by atoms with Crippen LogP contribution in [0.1, 0.15) is 23.6 Å². The zero-order chi connectivity index (χ0) is 26.1. The maximum absolute atomic E-state index is 13.5. The lowest BCUT2D eigenvalue weighted by Gasteiger charge is -2.31. The van der Waals surface area contributed by atoms with Crippen molar-refractivity contribution in [2.45, 2.75) is 32.6 Å². The molecule has 2 amide bonds. The van der Waals surface area contributed by atoms with Crippen LogP contribution in [-0.4, -0.2) is 48.3 Å². The van der Waals surface area contributed by atoms with Gasteiger partial charge in [-0.15, -0.1) is 0 Å². The summed E-state index contributed by atoms with van der Waals surface area (Å²) >= 11 is 5.92. The van der Waals surface area contributed by atoms with Crippen molar-refractivity contribution < 1.29 is 18.0 Å². The van der Waals surface area contributed by atoms with Gasteiger partial charge in [-0.3, -0.25) is 9.59 Å². The summed E-state index contributed by atoms with van der Waals surface area (Å²) in [6, 6.07) is 24.6. The van der Waals surface area contributed by atoms with E-state index >= 15 is 0 Å². The fraction of sp³-hybridized carbons (Fsp3) is 0.259. The number of hydrogen-bond acceptors (Lipinski definition) is 4. The van der Waals surface area contributed by atoms with E-state index in [1.54, 1.807) is 31.2 Å². The molecule has 3 aromatic rings. The predicted molar refractivity (Wildman–Crippen MR) is 141 cm³/mol. The smallest absolute Gasteiger partial charge is 0.242 e. The molecule has 0 aromatic heterocycles. The van der Waals surface area contributed by atoms with Crippen LogP contribution >= 0.6 is 11.6 Å². The molecule has 7 nitrogen and oxygen atoms in total. The first-order chi connectivity index (χ1) is 17.1. The molecule has 0 spiro atoms. The number of carbonyl (C=O) groups is 2. The highest BCUT2D eigenvalue weighted by molar-refractivity contribution is 7.88. The van der Waals surface area contributed by atoms with E-state index in [1.807, 2.05) is 60.7 Å². The van der Waals surface area contributed by atoms with E-state index in [9.17, 15) is 18.0 Å². The van der Waals surface area contributed by atoms with Crippen molar-refractivity contribution in [1.82, 2.24) is 14.5 Å². The topological polar surface area (TPSA) is 86.8 Å². The number of nitrogens with one attached hydrogen (secondary N) is 1. The Morgan fingerprint density at radius 2 is 1.36 bits per heavy atom. The van der Waals surface area contributed by atoms with Gasteiger partial charge < -0.3 is 10.2 Å². The second-order valence-corrected chi connectivity index (χ2v) is 11.0. The molecule has 0 aliphatic rings. The van der Waals surface area contributed by atoms with E-state index in [0.717, 1.165) is 27.3 Å². The molecule has 3 rings (SSSR count). The molecule has 9 heteroatoms. The van der Waals surface area contributed by atoms with Crippen molar-refractivity contribution in [2.75, 3.05) is 12.8 Å². The van der Waals surface area contributed by atoms with Crippen LogP contribution in [0.25, 0.3) is 0 Å². The lowest BCUT2D eigenvalue weighted by molar-refractivity contribution is -0.140. The number of halogens is 1. The Morgan fingerprint density at radius 3 is 1.89 bits per heavy atom. The highest BCUT2D eigenvalue weighted by Gasteiger charge is 2.29. The first-order valence-electron chi connectivity index (χ1n) is 11.5. The van der Waals surface area contributed by atoms with Gasteiger partial charge in [0.25, 0.3) is 0 Å². The van der Waals surface area contributed by atoms with Gasteiger partial charge in [0.05, 0.1) is 12.8 Å². The summed E-state index contributed by atoms with van der Waals surface area (Å²) < 4.78 is 26.1. The summed E-state index contributed by atoms with van der Waals surface area (Å²) in [5.41, 5.74) is 2.46. The molecule has 3 aromatic carbocycles. The molecule has 0 bridgehead atoms. The summed E-state index contributed by atoms with van der Waals surface area (Å²) in [5, 5.41) is 3.46. The third-order valence-electron chi connectivity index (χ3n) is 5.73. The van der Waals surface area contributed by atoms with E-state index in [2.05, 4.69) is 5.32 Å². The number of carbonyl (C=O) groups excluding carboxylic acids is 2. The maximum atomic E-state index is 13.5. The molecule has 0 heterocycles. The Balaban J connectivity index is 1.78. The molecular weight excluding hydrogens is 498 g/mol. The Bertz CT molecular complexity index is 1250. The van der Waals surface area contributed by atoms with Crippen molar-refractivity contribution in [3.8, 4) is 0 Å². The molecule has 0 aliphatic carbocycles. The minimum atomic E-state index is -3.69. The lowest BCUT2D eigenvalue weighted by Crippen LogP contribution is -2.50. The van der Waals surface area contributed by atoms with Crippen LogP contribution in [-0.2, 0) is 39.2 Å². The molecule has 0 saturated heterocycles. The normalized spacial score (nSPS) is 12.2. The van der Waals surface area contributed by atoms with E-state index in [0.29, 0.717) is 5.02 Å². The molecule has 1 unspecified atom stereocenters. The number of benzene rings is 3. The zero-order valence-corrected chi connectivity index (χ0v) is 21.9. The summed E-state index contributed by atoms with van der Waals surface area (Å²) in [6.45, 7) is 1.76. The Hall–Kier alpha value is -3.20. The standard InChI is InChI=1S/C27H30ClN3O4S/c1-21(27(33)29-17-22-13-15-25(28)16-14-22)31(19-24-11-7-4-8-12-24)26(32)20-30(36(2,34)35)18-23-9-5-3-6-10-23/h3-16,21H,17-20H2,1-2H3,(H,29,33). The van der Waals surface area contributed by atoms with Gasteiger partial charge in [-0.2, -0.15) is 4.31 Å². The third-order valence-corrected chi connectivity index (χ3v) is 7.17. The van der Waals surface area contributed by atoms with Crippen LogP contribution in [0.5, 0.6) is 0 Å². The number of nitrogens with zero attached hydrogens (tertiary/aromatic N) is 2. The van der Waals surface area contributed by atoms with Crippen molar-refractivity contribution in [1.29, 1.82) is 0 Å². The van der Waals surface area contributed by atoms with Crippen molar-refractivity contribution in [2.24, 2.45) is 0 Å². The van der Waals surface area contributed by atoms with Gasteiger partial charge in [0.15, 0.2) is 0 Å². The Labute approximate surface area is 217 Å². The summed E-state index contributed by atoms with van der Waals surface area (Å²) in [7, 11) is -3.69. The van der Waals surface area contributed by atoms with Gasteiger partial charge in [-0.25, -0.2) is 8.42 Å². The van der Waals surface area contributed by atoms with Gasteiger partial charge in [-0.1, -0.05) is 84.4 Å². The Kier molecular flexibility index (Phi) is 9.64. The molecule has 1 atom stereocenters. The molecule has 0 radical (unpaired) electrons. The predicted octanol–water partition coefficient (Wildman–Crippen LogP) is 3.84. The summed E-state index contributed by atoms with van der Waals surface area (Å²) in [6.07, 6.45) is 1.08. The van der Waals surface area contributed by atoms with Crippen molar-refractivity contribution >= 4 is 33.4 Å². The molecule has 1 N–H and O–H groups in total.